The third-order valence-corrected chi connectivity index (χ3v) is 3.68. The van der Waals surface area contributed by atoms with Crippen molar-refractivity contribution in [1.29, 1.82) is 0 Å². The van der Waals surface area contributed by atoms with Gasteiger partial charge in [0.1, 0.15) is 17.0 Å². The summed E-state index contributed by atoms with van der Waals surface area (Å²) in [6.07, 6.45) is 0. The molecule has 2 aromatic carbocycles. The number of aromatic nitrogens is 1. The number of fused-ring (bicyclic) bond motifs is 1. The van der Waals surface area contributed by atoms with Crippen molar-refractivity contribution in [3.8, 4) is 11.5 Å². The largest absolute Gasteiger partial charge is 0.506 e. The van der Waals surface area contributed by atoms with Crippen LogP contribution >= 0.6 is 11.6 Å². The summed E-state index contributed by atoms with van der Waals surface area (Å²) in [6, 6.07) is 14.7. The van der Waals surface area contributed by atoms with Crippen molar-refractivity contribution in [2.75, 3.05) is 12.4 Å². The first-order valence-corrected chi connectivity index (χ1v) is 7.20. The van der Waals surface area contributed by atoms with Crippen molar-refractivity contribution in [1.82, 2.24) is 4.98 Å². The van der Waals surface area contributed by atoms with E-state index in [9.17, 15) is 5.11 Å². The number of methoxy groups -OCH3 is 1. The Morgan fingerprint density at radius 3 is 2.82 bits per heavy atom. The van der Waals surface area contributed by atoms with E-state index >= 15 is 0 Å². The number of phenols is 1. The zero-order valence-electron chi connectivity index (χ0n) is 12.0. The van der Waals surface area contributed by atoms with Crippen LogP contribution in [0.3, 0.4) is 0 Å². The Bertz CT molecular complexity index is 821. The number of hydrogen-bond acceptors (Lipinski definition) is 4. The number of anilines is 1. The van der Waals surface area contributed by atoms with Crippen molar-refractivity contribution in [2.45, 2.75) is 6.54 Å². The van der Waals surface area contributed by atoms with Crippen molar-refractivity contribution >= 4 is 28.2 Å². The summed E-state index contributed by atoms with van der Waals surface area (Å²) in [4.78, 5) is 4.48. The average Bonchev–Trinajstić information content (AvgIpc) is 2.53. The van der Waals surface area contributed by atoms with Crippen LogP contribution in [-0.4, -0.2) is 17.2 Å². The third kappa shape index (κ3) is 2.92. The molecule has 0 unspecified atom stereocenters. The number of nitrogens with zero attached hydrogens (tertiary/aromatic N) is 1. The highest BCUT2D eigenvalue weighted by atomic mass is 35.5. The maximum absolute atomic E-state index is 9.86. The van der Waals surface area contributed by atoms with Gasteiger partial charge in [-0.3, -0.25) is 0 Å². The topological polar surface area (TPSA) is 54.4 Å². The molecule has 112 valence electrons. The van der Waals surface area contributed by atoms with Crippen LogP contribution in [0.4, 0.5) is 5.69 Å². The molecular formula is C17H15ClN2O2. The van der Waals surface area contributed by atoms with Gasteiger partial charge < -0.3 is 15.2 Å². The van der Waals surface area contributed by atoms with E-state index < -0.39 is 0 Å². The fourth-order valence-electron chi connectivity index (χ4n) is 2.24. The molecule has 5 heteroatoms. The molecule has 0 atom stereocenters. The Morgan fingerprint density at radius 1 is 1.18 bits per heavy atom. The van der Waals surface area contributed by atoms with Crippen molar-refractivity contribution in [3.63, 3.8) is 0 Å². The Morgan fingerprint density at radius 2 is 2.05 bits per heavy atom. The zero-order chi connectivity index (χ0) is 15.5. The van der Waals surface area contributed by atoms with Gasteiger partial charge in [-0.15, -0.1) is 0 Å². The first-order valence-electron chi connectivity index (χ1n) is 6.82. The first-order chi connectivity index (χ1) is 10.7. The molecule has 1 aromatic heterocycles. The number of halogens is 1. The zero-order valence-corrected chi connectivity index (χ0v) is 12.8. The van der Waals surface area contributed by atoms with Gasteiger partial charge in [0.2, 0.25) is 0 Å². The molecule has 22 heavy (non-hydrogen) atoms. The highest BCUT2D eigenvalue weighted by Gasteiger charge is 2.04. The summed E-state index contributed by atoms with van der Waals surface area (Å²) in [5.41, 5.74) is 2.32. The minimum Gasteiger partial charge on any atom is -0.506 e. The Hall–Kier alpha value is -2.46. The summed E-state index contributed by atoms with van der Waals surface area (Å²) < 4.78 is 5.12. The fourth-order valence-corrected chi connectivity index (χ4v) is 2.50. The number of nitrogens with one attached hydrogen (secondary N) is 1. The maximum atomic E-state index is 9.86. The summed E-state index contributed by atoms with van der Waals surface area (Å²) in [5, 5.41) is 14.6. The molecule has 0 saturated heterocycles. The van der Waals surface area contributed by atoms with Crippen LogP contribution in [0.5, 0.6) is 11.5 Å². The van der Waals surface area contributed by atoms with Crippen LogP contribution in [0.2, 0.25) is 5.02 Å². The Labute approximate surface area is 133 Å². The lowest BCUT2D eigenvalue weighted by atomic mass is 10.2. The predicted molar refractivity (Wildman–Crippen MR) is 88.7 cm³/mol. The Balaban J connectivity index is 1.79. The molecule has 0 aliphatic rings. The van der Waals surface area contributed by atoms with Gasteiger partial charge in [0, 0.05) is 11.1 Å². The number of benzene rings is 2. The van der Waals surface area contributed by atoms with E-state index in [1.54, 1.807) is 25.3 Å². The van der Waals surface area contributed by atoms with E-state index in [4.69, 9.17) is 16.3 Å². The van der Waals surface area contributed by atoms with Gasteiger partial charge in [-0.05, 0) is 30.3 Å². The standard InChI is InChI=1S/C17H15ClN2O2/c1-22-16-8-7-12(9-14(16)18)19-10-13-6-5-11-3-2-4-15(21)17(11)20-13/h2-9,19,21H,10H2,1H3. The molecule has 0 saturated carbocycles. The van der Waals surface area contributed by atoms with E-state index in [-0.39, 0.29) is 5.75 Å². The van der Waals surface area contributed by atoms with Gasteiger partial charge >= 0.3 is 0 Å². The van der Waals surface area contributed by atoms with Crippen LogP contribution < -0.4 is 10.1 Å². The summed E-state index contributed by atoms with van der Waals surface area (Å²) in [5.74, 6) is 0.827. The van der Waals surface area contributed by atoms with Crippen molar-refractivity contribution in [2.24, 2.45) is 0 Å². The number of hydrogen-bond donors (Lipinski definition) is 2. The number of para-hydroxylation sites is 1. The summed E-state index contributed by atoms with van der Waals surface area (Å²) in [7, 11) is 1.58. The lowest BCUT2D eigenvalue weighted by Gasteiger charge is -2.09. The molecule has 1 heterocycles. The summed E-state index contributed by atoms with van der Waals surface area (Å²) in [6.45, 7) is 0.535. The second kappa shape index (κ2) is 6.12. The summed E-state index contributed by atoms with van der Waals surface area (Å²) >= 11 is 6.10. The highest BCUT2D eigenvalue weighted by Crippen LogP contribution is 2.27. The molecule has 0 spiro atoms. The van der Waals surface area contributed by atoms with Gasteiger partial charge in [-0.25, -0.2) is 4.98 Å². The van der Waals surface area contributed by atoms with Gasteiger partial charge in [-0.2, -0.15) is 0 Å². The third-order valence-electron chi connectivity index (χ3n) is 3.38. The molecule has 0 aliphatic heterocycles. The van der Waals surface area contributed by atoms with Gasteiger partial charge in [0.05, 0.1) is 24.4 Å². The number of ether oxygens (including phenoxy) is 1. The maximum Gasteiger partial charge on any atom is 0.141 e. The van der Waals surface area contributed by atoms with E-state index in [2.05, 4.69) is 10.3 Å². The van der Waals surface area contributed by atoms with Crippen LogP contribution in [0.25, 0.3) is 10.9 Å². The van der Waals surface area contributed by atoms with Crippen molar-refractivity contribution < 1.29 is 9.84 Å². The second-order valence-corrected chi connectivity index (χ2v) is 5.26. The molecule has 3 rings (SSSR count). The van der Waals surface area contributed by atoms with Gasteiger partial charge in [0.15, 0.2) is 0 Å². The molecule has 0 bridgehead atoms. The molecule has 0 fully saturated rings. The van der Waals surface area contributed by atoms with E-state index in [1.807, 2.05) is 30.3 Å². The quantitative estimate of drug-likeness (QED) is 0.757. The first kappa shape index (κ1) is 14.5. The van der Waals surface area contributed by atoms with Crippen LogP contribution in [0.1, 0.15) is 5.69 Å². The fraction of sp³-hybridized carbons (Fsp3) is 0.118. The monoisotopic (exact) mass is 314 g/mol. The molecule has 0 amide bonds. The molecule has 2 N–H and O–H groups in total. The molecular weight excluding hydrogens is 300 g/mol. The Kier molecular flexibility index (Phi) is 4.02. The molecule has 0 aliphatic carbocycles. The predicted octanol–water partition coefficient (Wildman–Crippen LogP) is 4.21. The van der Waals surface area contributed by atoms with Crippen LogP contribution in [-0.2, 0) is 6.54 Å². The number of phenolic OH excluding ortho intramolecular Hbond substituents is 1. The SMILES string of the molecule is COc1ccc(NCc2ccc3cccc(O)c3n2)cc1Cl. The van der Waals surface area contributed by atoms with E-state index in [0.717, 1.165) is 16.8 Å². The van der Waals surface area contributed by atoms with Gasteiger partial charge in [-0.1, -0.05) is 29.8 Å². The van der Waals surface area contributed by atoms with Gasteiger partial charge in [0.25, 0.3) is 0 Å². The van der Waals surface area contributed by atoms with E-state index in [0.29, 0.717) is 22.8 Å². The highest BCUT2D eigenvalue weighted by molar-refractivity contribution is 6.32. The lowest BCUT2D eigenvalue weighted by Crippen LogP contribution is -2.02. The number of aromatic hydroxyl groups is 1. The van der Waals surface area contributed by atoms with E-state index in [1.165, 1.54) is 0 Å². The molecule has 0 radical (unpaired) electrons. The van der Waals surface area contributed by atoms with Crippen LogP contribution in [0, 0.1) is 0 Å². The lowest BCUT2D eigenvalue weighted by molar-refractivity contribution is 0.415. The molecule has 3 aromatic rings. The average molecular weight is 315 g/mol. The number of pyridine rings is 1. The number of rotatable bonds is 4. The van der Waals surface area contributed by atoms with Crippen LogP contribution in [0.15, 0.2) is 48.5 Å². The second-order valence-electron chi connectivity index (χ2n) is 4.85. The molecule has 4 nitrogen and oxygen atoms in total. The van der Waals surface area contributed by atoms with Crippen molar-refractivity contribution in [3.05, 3.63) is 59.2 Å². The minimum atomic E-state index is 0.187. The normalized spacial score (nSPS) is 10.6. The smallest absolute Gasteiger partial charge is 0.141 e. The minimum absolute atomic E-state index is 0.187.